The van der Waals surface area contributed by atoms with Crippen LogP contribution in [0.2, 0.25) is 0 Å². The Bertz CT molecular complexity index is 719. The summed E-state index contributed by atoms with van der Waals surface area (Å²) in [6.07, 6.45) is 14.8. The Morgan fingerprint density at radius 2 is 1.15 bits per heavy atom. The number of esters is 1. The van der Waals surface area contributed by atoms with Crippen LogP contribution in [0.3, 0.4) is 0 Å². The Labute approximate surface area is 195 Å². The van der Waals surface area contributed by atoms with Gasteiger partial charge in [0.25, 0.3) is 0 Å². The highest BCUT2D eigenvalue weighted by Gasteiger charge is 2.26. The van der Waals surface area contributed by atoms with Crippen LogP contribution >= 0.6 is 0 Å². The predicted molar refractivity (Wildman–Crippen MR) is 125 cm³/mol. The van der Waals surface area contributed by atoms with E-state index in [1.807, 2.05) is 0 Å². The highest BCUT2D eigenvalue weighted by atomic mass is 16.5. The van der Waals surface area contributed by atoms with E-state index in [4.69, 9.17) is 4.74 Å². The molecule has 1 heterocycles. The number of anilines is 2. The SMILES string of the molecule is O=C(Nc1cc(OC(=O)C2CCCCC2)nc(NC(=O)C2CCCCC2)n1)C1CCCCC1. The lowest BCUT2D eigenvalue weighted by Crippen LogP contribution is -2.28. The molecule has 8 nitrogen and oxygen atoms in total. The molecule has 4 rings (SSSR count). The maximum Gasteiger partial charge on any atom is 0.315 e. The summed E-state index contributed by atoms with van der Waals surface area (Å²) < 4.78 is 5.60. The highest BCUT2D eigenvalue weighted by molar-refractivity contribution is 5.93. The second kappa shape index (κ2) is 11.6. The lowest BCUT2D eigenvalue weighted by molar-refractivity contribution is -0.140. The van der Waals surface area contributed by atoms with Gasteiger partial charge in [-0.2, -0.15) is 9.97 Å². The van der Waals surface area contributed by atoms with Crippen LogP contribution in [0.25, 0.3) is 0 Å². The van der Waals surface area contributed by atoms with Gasteiger partial charge in [0.05, 0.1) is 5.92 Å². The van der Waals surface area contributed by atoms with Gasteiger partial charge in [-0.15, -0.1) is 0 Å². The van der Waals surface area contributed by atoms with E-state index in [0.29, 0.717) is 0 Å². The molecule has 180 valence electrons. The van der Waals surface area contributed by atoms with Crippen LogP contribution in [-0.4, -0.2) is 27.8 Å². The van der Waals surface area contributed by atoms with Gasteiger partial charge in [-0.3, -0.25) is 19.7 Å². The van der Waals surface area contributed by atoms with Crippen LogP contribution in [0.1, 0.15) is 96.3 Å². The Balaban J connectivity index is 1.48. The summed E-state index contributed by atoms with van der Waals surface area (Å²) in [7, 11) is 0. The number of rotatable bonds is 6. The fraction of sp³-hybridized carbons (Fsp3) is 0.720. The van der Waals surface area contributed by atoms with E-state index in [9.17, 15) is 14.4 Å². The molecule has 3 aliphatic carbocycles. The summed E-state index contributed by atoms with van der Waals surface area (Å²) in [6, 6.07) is 1.48. The van der Waals surface area contributed by atoms with Crippen molar-refractivity contribution < 1.29 is 19.1 Å². The van der Waals surface area contributed by atoms with Crippen LogP contribution in [0.5, 0.6) is 5.88 Å². The summed E-state index contributed by atoms with van der Waals surface area (Å²) in [4.78, 5) is 46.8. The molecule has 33 heavy (non-hydrogen) atoms. The van der Waals surface area contributed by atoms with Crippen molar-refractivity contribution in [1.29, 1.82) is 0 Å². The fourth-order valence-electron chi connectivity index (χ4n) is 5.29. The molecule has 2 N–H and O–H groups in total. The van der Waals surface area contributed by atoms with Crippen LogP contribution in [-0.2, 0) is 14.4 Å². The van der Waals surface area contributed by atoms with E-state index in [1.54, 1.807) is 0 Å². The van der Waals surface area contributed by atoms with Crippen molar-refractivity contribution in [3.05, 3.63) is 6.07 Å². The molecule has 0 radical (unpaired) electrons. The lowest BCUT2D eigenvalue weighted by atomic mass is 9.89. The number of ether oxygens (including phenoxy) is 1. The first kappa shape index (κ1) is 23.6. The monoisotopic (exact) mass is 456 g/mol. The normalized spacial score (nSPS) is 20.7. The first-order valence-corrected chi connectivity index (χ1v) is 12.8. The third-order valence-corrected chi connectivity index (χ3v) is 7.28. The average molecular weight is 457 g/mol. The molecule has 0 aliphatic heterocycles. The van der Waals surface area contributed by atoms with Crippen molar-refractivity contribution in [1.82, 2.24) is 9.97 Å². The lowest BCUT2D eigenvalue weighted by Gasteiger charge is -2.22. The standard InChI is InChI=1S/C25H36N4O4/c30-22(17-10-4-1-5-11-17)26-20-16-21(33-24(32)19-14-8-3-9-15-19)28-25(27-20)29-23(31)18-12-6-2-7-13-18/h16-19H,1-15H2,(H2,26,27,28,29,30,31). The van der Waals surface area contributed by atoms with Gasteiger partial charge < -0.3 is 10.1 Å². The fourth-order valence-corrected chi connectivity index (χ4v) is 5.29. The summed E-state index contributed by atoms with van der Waals surface area (Å²) in [5.74, 6) is -0.337. The Morgan fingerprint density at radius 1 is 0.667 bits per heavy atom. The van der Waals surface area contributed by atoms with Gasteiger partial charge in [0.2, 0.25) is 23.6 Å². The summed E-state index contributed by atoms with van der Waals surface area (Å²) in [6.45, 7) is 0. The molecule has 0 saturated heterocycles. The summed E-state index contributed by atoms with van der Waals surface area (Å²) in [5.41, 5.74) is 0. The average Bonchev–Trinajstić information content (AvgIpc) is 2.85. The number of hydrogen-bond donors (Lipinski definition) is 2. The van der Waals surface area contributed by atoms with Gasteiger partial charge in [-0.25, -0.2) is 0 Å². The van der Waals surface area contributed by atoms with E-state index in [0.717, 1.165) is 96.3 Å². The first-order chi connectivity index (χ1) is 16.1. The van der Waals surface area contributed by atoms with Crippen LogP contribution in [0, 0.1) is 17.8 Å². The molecule has 8 heteroatoms. The minimum Gasteiger partial charge on any atom is -0.407 e. The molecule has 0 spiro atoms. The van der Waals surface area contributed by atoms with Gasteiger partial charge in [0.1, 0.15) is 5.82 Å². The van der Waals surface area contributed by atoms with E-state index in [1.165, 1.54) is 6.07 Å². The van der Waals surface area contributed by atoms with Gasteiger partial charge in [0, 0.05) is 17.9 Å². The quantitative estimate of drug-likeness (QED) is 0.583. The molecule has 0 atom stereocenters. The van der Waals surface area contributed by atoms with Crippen molar-refractivity contribution in [3.8, 4) is 5.88 Å². The zero-order valence-electron chi connectivity index (χ0n) is 19.4. The molecule has 0 bridgehead atoms. The number of carbonyl (C=O) groups excluding carboxylic acids is 3. The minimum atomic E-state index is -0.303. The Morgan fingerprint density at radius 3 is 1.70 bits per heavy atom. The molecule has 1 aromatic heterocycles. The highest BCUT2D eigenvalue weighted by Crippen LogP contribution is 2.29. The number of amides is 2. The molecule has 1 aromatic rings. The summed E-state index contributed by atoms with van der Waals surface area (Å²) in [5, 5.41) is 5.66. The third kappa shape index (κ3) is 6.74. The zero-order chi connectivity index (χ0) is 23.0. The van der Waals surface area contributed by atoms with Crippen LogP contribution < -0.4 is 15.4 Å². The maximum atomic E-state index is 12.8. The van der Waals surface area contributed by atoms with E-state index in [2.05, 4.69) is 20.6 Å². The number of carbonyl (C=O) groups is 3. The maximum absolute atomic E-state index is 12.8. The van der Waals surface area contributed by atoms with Crippen molar-refractivity contribution >= 4 is 29.5 Å². The van der Waals surface area contributed by atoms with Crippen molar-refractivity contribution in [2.24, 2.45) is 17.8 Å². The Hall–Kier alpha value is -2.51. The van der Waals surface area contributed by atoms with Gasteiger partial charge >= 0.3 is 5.97 Å². The first-order valence-electron chi connectivity index (χ1n) is 12.8. The Kier molecular flexibility index (Phi) is 8.29. The van der Waals surface area contributed by atoms with Crippen molar-refractivity contribution in [3.63, 3.8) is 0 Å². The molecule has 2 amide bonds. The molecular formula is C25H36N4O4. The predicted octanol–water partition coefficient (Wildman–Crippen LogP) is 5.00. The molecule has 0 unspecified atom stereocenters. The summed E-state index contributed by atoms with van der Waals surface area (Å²) >= 11 is 0. The van der Waals surface area contributed by atoms with E-state index in [-0.39, 0.29) is 53.2 Å². The molecular weight excluding hydrogens is 420 g/mol. The zero-order valence-corrected chi connectivity index (χ0v) is 19.4. The molecule has 3 aliphatic rings. The van der Waals surface area contributed by atoms with Crippen LogP contribution in [0.15, 0.2) is 6.07 Å². The van der Waals surface area contributed by atoms with E-state index >= 15 is 0 Å². The number of nitrogens with one attached hydrogen (secondary N) is 2. The molecule has 3 saturated carbocycles. The number of hydrogen-bond acceptors (Lipinski definition) is 6. The second-order valence-corrected chi connectivity index (χ2v) is 9.82. The van der Waals surface area contributed by atoms with Gasteiger partial charge in [-0.05, 0) is 38.5 Å². The van der Waals surface area contributed by atoms with Crippen molar-refractivity contribution in [2.45, 2.75) is 96.3 Å². The number of nitrogens with zero attached hydrogens (tertiary/aromatic N) is 2. The number of aromatic nitrogens is 2. The van der Waals surface area contributed by atoms with E-state index < -0.39 is 0 Å². The second-order valence-electron chi connectivity index (χ2n) is 9.82. The molecule has 0 aromatic carbocycles. The minimum absolute atomic E-state index is 0.0396. The van der Waals surface area contributed by atoms with Gasteiger partial charge in [0.15, 0.2) is 0 Å². The molecule has 3 fully saturated rings. The topological polar surface area (TPSA) is 110 Å². The smallest absolute Gasteiger partial charge is 0.315 e. The van der Waals surface area contributed by atoms with Crippen molar-refractivity contribution in [2.75, 3.05) is 10.6 Å². The van der Waals surface area contributed by atoms with Gasteiger partial charge in [-0.1, -0.05) is 57.8 Å². The largest absolute Gasteiger partial charge is 0.407 e. The third-order valence-electron chi connectivity index (χ3n) is 7.28. The van der Waals surface area contributed by atoms with Crippen LogP contribution in [0.4, 0.5) is 11.8 Å².